The summed E-state index contributed by atoms with van der Waals surface area (Å²) in [6.07, 6.45) is 0. The maximum atomic E-state index is 2.49. The van der Waals surface area contributed by atoms with E-state index >= 15 is 0 Å². The van der Waals surface area contributed by atoms with Crippen LogP contribution in [0.1, 0.15) is 27.8 Å². The van der Waals surface area contributed by atoms with Crippen LogP contribution in [0.3, 0.4) is 0 Å². The van der Waals surface area contributed by atoms with Gasteiger partial charge in [-0.25, -0.2) is 0 Å². The van der Waals surface area contributed by atoms with E-state index in [9.17, 15) is 0 Å². The van der Waals surface area contributed by atoms with E-state index < -0.39 is 5.41 Å². The summed E-state index contributed by atoms with van der Waals surface area (Å²) >= 11 is 0. The van der Waals surface area contributed by atoms with Crippen molar-refractivity contribution in [2.24, 2.45) is 0 Å². The zero-order valence-electron chi connectivity index (χ0n) is 42.9. The van der Waals surface area contributed by atoms with Gasteiger partial charge in [-0.05, 0) is 179 Å². The predicted octanol–water partition coefficient (Wildman–Crippen LogP) is 19.5. The second-order valence-electron chi connectivity index (χ2n) is 20.9. The Kier molecular flexibility index (Phi) is 9.73. The van der Waals surface area contributed by atoms with E-state index in [1.165, 1.54) is 93.7 Å². The van der Waals surface area contributed by atoms with Gasteiger partial charge in [0, 0.05) is 67.0 Å². The van der Waals surface area contributed by atoms with E-state index in [4.69, 9.17) is 0 Å². The first-order valence-electron chi connectivity index (χ1n) is 27.0. The highest BCUT2D eigenvalue weighted by atomic mass is 15.2. The van der Waals surface area contributed by atoms with Crippen molar-refractivity contribution in [2.75, 3.05) is 9.80 Å². The van der Waals surface area contributed by atoms with Crippen molar-refractivity contribution in [3.05, 3.63) is 313 Å². The number of hydrogen-bond acceptors (Lipinski definition) is 2. The summed E-state index contributed by atoms with van der Waals surface area (Å²) in [6.45, 7) is 2.17. The molecular formula is C74H50N4. The molecule has 366 valence electrons. The maximum absolute atomic E-state index is 2.49. The summed E-state index contributed by atoms with van der Waals surface area (Å²) in [5.41, 5.74) is 24.5. The van der Waals surface area contributed by atoms with E-state index in [0.29, 0.717) is 0 Å². The molecule has 0 unspecified atom stereocenters. The Bertz CT molecular complexity index is 4580. The summed E-state index contributed by atoms with van der Waals surface area (Å²) in [5, 5.41) is 5.05. The van der Waals surface area contributed by atoms with Crippen molar-refractivity contribution in [3.63, 3.8) is 0 Å². The number of fused-ring (bicyclic) bond motifs is 16. The normalized spacial score (nSPS) is 12.8. The number of para-hydroxylation sites is 5. The van der Waals surface area contributed by atoms with Crippen LogP contribution in [0, 0.1) is 6.92 Å². The van der Waals surface area contributed by atoms with Crippen molar-refractivity contribution in [2.45, 2.75) is 12.3 Å². The first-order valence-corrected chi connectivity index (χ1v) is 27.0. The minimum Gasteiger partial charge on any atom is -0.310 e. The number of hydrogen-bond donors (Lipinski definition) is 0. The monoisotopic (exact) mass is 994 g/mol. The first kappa shape index (κ1) is 44.2. The second-order valence-corrected chi connectivity index (χ2v) is 20.9. The molecule has 0 fully saturated rings. The van der Waals surface area contributed by atoms with Crippen molar-refractivity contribution < 1.29 is 0 Å². The highest BCUT2D eigenvalue weighted by Gasteiger charge is 2.52. The third-order valence-electron chi connectivity index (χ3n) is 16.7. The fourth-order valence-electron chi connectivity index (χ4n) is 13.5. The van der Waals surface area contributed by atoms with Gasteiger partial charge in [0.1, 0.15) is 0 Å². The van der Waals surface area contributed by atoms with Crippen molar-refractivity contribution in [1.82, 2.24) is 9.13 Å². The average Bonchev–Trinajstić information content (AvgIpc) is 3.66. The lowest BCUT2D eigenvalue weighted by Crippen LogP contribution is -2.26. The molecule has 12 aromatic carbocycles. The molecule has 0 amide bonds. The molecule has 16 rings (SSSR count). The molecule has 0 saturated heterocycles. The van der Waals surface area contributed by atoms with Crippen LogP contribution < -0.4 is 9.80 Å². The third kappa shape index (κ3) is 6.41. The molecule has 0 atom stereocenters. The van der Waals surface area contributed by atoms with Gasteiger partial charge in [-0.2, -0.15) is 0 Å². The quantitative estimate of drug-likeness (QED) is 0.151. The molecule has 0 bridgehead atoms. The lowest BCUT2D eigenvalue weighted by atomic mass is 9.70. The molecule has 4 nitrogen and oxygen atoms in total. The van der Waals surface area contributed by atoms with Crippen molar-refractivity contribution >= 4 is 77.7 Å². The summed E-state index contributed by atoms with van der Waals surface area (Å²) in [7, 11) is 0. The van der Waals surface area contributed by atoms with Gasteiger partial charge in [0.15, 0.2) is 0 Å². The second kappa shape index (κ2) is 17.2. The van der Waals surface area contributed by atoms with Crippen LogP contribution in [-0.2, 0) is 5.41 Å². The summed E-state index contributed by atoms with van der Waals surface area (Å²) in [5.74, 6) is 0. The van der Waals surface area contributed by atoms with Crippen LogP contribution >= 0.6 is 0 Å². The van der Waals surface area contributed by atoms with Gasteiger partial charge in [0.2, 0.25) is 0 Å². The molecular weight excluding hydrogens is 945 g/mol. The highest BCUT2D eigenvalue weighted by Crippen LogP contribution is 2.64. The molecule has 2 aromatic heterocycles. The van der Waals surface area contributed by atoms with Gasteiger partial charge < -0.3 is 18.9 Å². The molecule has 1 spiro atoms. The summed E-state index contributed by atoms with van der Waals surface area (Å²) in [4.78, 5) is 4.85. The molecule has 0 saturated carbocycles. The molecule has 78 heavy (non-hydrogen) atoms. The smallest absolute Gasteiger partial charge is 0.0727 e. The van der Waals surface area contributed by atoms with Crippen molar-refractivity contribution in [3.8, 4) is 33.6 Å². The Morgan fingerprint density at radius 1 is 0.256 bits per heavy atom. The standard InChI is InChI=1S/C74H50N4/c1-49-32-45-73-65(46-49)64-26-12-17-31-72(64)78(73)55-39-35-53(36-40-55)76(51-20-6-3-7-21-51)57-42-44-61-60-43-41-56(47-68(60)74(69(61)48-57)66-27-13-8-22-58(66)59-23-9-14-28-67(59)74)75(50-18-4-2-5-19-50)52-33-37-54(38-34-52)77-70-29-15-10-24-62(70)63-25-11-16-30-71(63)77/h2-48H,1H3. The van der Waals surface area contributed by atoms with Crippen molar-refractivity contribution in [1.29, 1.82) is 0 Å². The molecule has 4 heteroatoms. The minimum atomic E-state index is -0.603. The zero-order chi connectivity index (χ0) is 51.5. The number of aryl methyl sites for hydroxylation is 1. The summed E-state index contributed by atoms with van der Waals surface area (Å²) < 4.78 is 4.80. The van der Waals surface area contributed by atoms with E-state index in [1.54, 1.807) is 0 Å². The maximum Gasteiger partial charge on any atom is 0.0727 e. The average molecular weight is 995 g/mol. The predicted molar refractivity (Wildman–Crippen MR) is 326 cm³/mol. The zero-order valence-corrected chi connectivity index (χ0v) is 42.9. The molecule has 14 aromatic rings. The largest absolute Gasteiger partial charge is 0.310 e. The number of anilines is 6. The Hall–Kier alpha value is -10.2. The van der Waals surface area contributed by atoms with Crippen LogP contribution in [0.2, 0.25) is 0 Å². The highest BCUT2D eigenvalue weighted by molar-refractivity contribution is 6.10. The number of aromatic nitrogens is 2. The Balaban J connectivity index is 0.863. The molecule has 0 N–H and O–H groups in total. The van der Waals surface area contributed by atoms with Gasteiger partial charge in [0.05, 0.1) is 27.5 Å². The molecule has 0 radical (unpaired) electrons. The van der Waals surface area contributed by atoms with Gasteiger partial charge in [0.25, 0.3) is 0 Å². The molecule has 2 heterocycles. The third-order valence-corrected chi connectivity index (χ3v) is 16.7. The lowest BCUT2D eigenvalue weighted by Gasteiger charge is -2.33. The van der Waals surface area contributed by atoms with Crippen LogP contribution in [0.15, 0.2) is 285 Å². The first-order chi connectivity index (χ1) is 38.6. The van der Waals surface area contributed by atoms with Crippen LogP contribution in [0.4, 0.5) is 34.1 Å². The molecule has 2 aliphatic rings. The van der Waals surface area contributed by atoms with Gasteiger partial charge >= 0.3 is 0 Å². The Morgan fingerprint density at radius 2 is 0.603 bits per heavy atom. The van der Waals surface area contributed by atoms with Gasteiger partial charge in [-0.1, -0.05) is 163 Å². The molecule has 2 aliphatic carbocycles. The van der Waals surface area contributed by atoms with E-state index in [0.717, 1.165) is 45.5 Å². The topological polar surface area (TPSA) is 16.3 Å². The van der Waals surface area contributed by atoms with Crippen LogP contribution in [0.25, 0.3) is 77.2 Å². The molecule has 0 aliphatic heterocycles. The lowest BCUT2D eigenvalue weighted by molar-refractivity contribution is 0.793. The number of nitrogens with zero attached hydrogens (tertiary/aromatic N) is 4. The SMILES string of the molecule is Cc1ccc2c(c1)c1ccccc1n2-c1ccc(N(c2ccccc2)c2ccc3c(c2)C2(c4ccccc4-c4ccccc42)c2cc(N(c4ccccc4)c4ccc(-n5c6ccccc6c6ccccc65)cc4)ccc2-3)cc1. The number of benzene rings is 12. The van der Waals surface area contributed by atoms with Crippen LogP contribution in [-0.4, -0.2) is 9.13 Å². The Labute approximate surface area is 453 Å². The Morgan fingerprint density at radius 3 is 1.06 bits per heavy atom. The van der Waals surface area contributed by atoms with Gasteiger partial charge in [-0.3, -0.25) is 0 Å². The number of rotatable bonds is 8. The fourth-order valence-corrected chi connectivity index (χ4v) is 13.5. The van der Waals surface area contributed by atoms with Gasteiger partial charge in [-0.15, -0.1) is 0 Å². The fraction of sp³-hybridized carbons (Fsp3) is 0.0270. The van der Waals surface area contributed by atoms with E-state index in [1.807, 2.05) is 0 Å². The van der Waals surface area contributed by atoms with E-state index in [-0.39, 0.29) is 0 Å². The minimum absolute atomic E-state index is 0.603. The summed E-state index contributed by atoms with van der Waals surface area (Å²) in [6, 6.07) is 106. The van der Waals surface area contributed by atoms with E-state index in [2.05, 4.69) is 311 Å². The van der Waals surface area contributed by atoms with Crippen LogP contribution in [0.5, 0.6) is 0 Å².